The second kappa shape index (κ2) is 4.42. The van der Waals surface area contributed by atoms with Crippen molar-refractivity contribution in [2.24, 2.45) is 5.73 Å². The second-order valence-electron chi connectivity index (χ2n) is 2.63. The first-order valence-electron chi connectivity index (χ1n) is 3.87. The summed E-state index contributed by atoms with van der Waals surface area (Å²) in [5, 5.41) is 12.9. The molecular weight excluding hydrogens is 170 g/mol. The largest absolute Gasteiger partial charge is 0.365 e. The van der Waals surface area contributed by atoms with E-state index < -0.39 is 11.1 Å². The monoisotopic (exact) mass is 181 g/mol. The number of para-hydroxylation sites is 1. The molecule has 0 saturated carbocycles. The lowest BCUT2D eigenvalue weighted by molar-refractivity contribution is -0.481. The van der Waals surface area contributed by atoms with E-state index in [4.69, 9.17) is 5.73 Å². The molecule has 0 heterocycles. The number of nitrogens with zero attached hydrogens (tertiary/aromatic N) is 1. The quantitative estimate of drug-likeness (QED) is 0.406. The van der Waals surface area contributed by atoms with Gasteiger partial charge < -0.3 is 11.1 Å². The summed E-state index contributed by atoms with van der Waals surface area (Å²) in [6, 6.07) is 9.15. The molecule has 0 bridgehead atoms. The highest BCUT2D eigenvalue weighted by molar-refractivity contribution is 5.43. The maximum absolute atomic E-state index is 10.1. The van der Waals surface area contributed by atoms with Gasteiger partial charge in [-0.25, -0.2) is 0 Å². The molecule has 0 saturated heterocycles. The molecule has 13 heavy (non-hydrogen) atoms. The molecule has 3 N–H and O–H groups in total. The van der Waals surface area contributed by atoms with E-state index in [1.165, 1.54) is 0 Å². The Morgan fingerprint density at radius 1 is 1.46 bits per heavy atom. The van der Waals surface area contributed by atoms with Gasteiger partial charge in [-0.1, -0.05) is 18.2 Å². The average Bonchev–Trinajstić information content (AvgIpc) is 2.04. The fourth-order valence-corrected chi connectivity index (χ4v) is 0.955. The number of hydrogen-bond acceptors (Lipinski definition) is 4. The van der Waals surface area contributed by atoms with Gasteiger partial charge in [-0.15, -0.1) is 0 Å². The highest BCUT2D eigenvalue weighted by atomic mass is 16.6. The van der Waals surface area contributed by atoms with E-state index >= 15 is 0 Å². The summed E-state index contributed by atoms with van der Waals surface area (Å²) in [6.07, 6.45) is -0.641. The summed E-state index contributed by atoms with van der Waals surface area (Å²) in [7, 11) is 0. The minimum absolute atomic E-state index is 0.283. The zero-order valence-electron chi connectivity index (χ0n) is 7.01. The third-order valence-electron chi connectivity index (χ3n) is 1.47. The van der Waals surface area contributed by atoms with Crippen LogP contribution in [0.2, 0.25) is 0 Å². The van der Waals surface area contributed by atoms with Crippen molar-refractivity contribution < 1.29 is 4.92 Å². The highest BCUT2D eigenvalue weighted by Crippen LogP contribution is 2.04. The van der Waals surface area contributed by atoms with E-state index in [0.717, 1.165) is 5.69 Å². The smallest absolute Gasteiger partial charge is 0.236 e. The van der Waals surface area contributed by atoms with Gasteiger partial charge in [0.2, 0.25) is 6.54 Å². The van der Waals surface area contributed by atoms with Crippen LogP contribution in [-0.2, 0) is 0 Å². The number of rotatable bonds is 4. The predicted molar refractivity (Wildman–Crippen MR) is 49.9 cm³/mol. The van der Waals surface area contributed by atoms with Crippen LogP contribution in [-0.4, -0.2) is 17.6 Å². The molecule has 0 fully saturated rings. The number of nitrogens with one attached hydrogen (secondary N) is 1. The molecule has 0 aliphatic heterocycles. The Bertz CT molecular complexity index is 276. The molecule has 0 aromatic heterocycles. The maximum Gasteiger partial charge on any atom is 0.236 e. The number of nitrogens with two attached hydrogens (primary N) is 1. The van der Waals surface area contributed by atoms with Crippen molar-refractivity contribution in [3.8, 4) is 0 Å². The van der Waals surface area contributed by atoms with Crippen molar-refractivity contribution in [2.45, 2.75) is 6.17 Å². The third-order valence-corrected chi connectivity index (χ3v) is 1.47. The predicted octanol–water partition coefficient (Wildman–Crippen LogP) is 0.660. The van der Waals surface area contributed by atoms with Crippen molar-refractivity contribution in [1.29, 1.82) is 0 Å². The molecule has 1 unspecified atom stereocenters. The topological polar surface area (TPSA) is 81.2 Å². The fraction of sp³-hybridized carbons (Fsp3) is 0.250. The van der Waals surface area contributed by atoms with E-state index in [1.54, 1.807) is 12.1 Å². The van der Waals surface area contributed by atoms with Crippen molar-refractivity contribution in [1.82, 2.24) is 0 Å². The van der Waals surface area contributed by atoms with Gasteiger partial charge in [0, 0.05) is 10.6 Å². The minimum atomic E-state index is -0.641. The van der Waals surface area contributed by atoms with Gasteiger partial charge in [-0.3, -0.25) is 10.1 Å². The number of hydrogen-bond donors (Lipinski definition) is 2. The molecule has 0 radical (unpaired) electrons. The molecule has 1 aromatic carbocycles. The molecule has 1 aromatic rings. The molecule has 1 rings (SSSR count). The summed E-state index contributed by atoms with van der Waals surface area (Å²) < 4.78 is 0. The highest BCUT2D eigenvalue weighted by Gasteiger charge is 2.08. The Morgan fingerprint density at radius 3 is 2.62 bits per heavy atom. The van der Waals surface area contributed by atoms with Gasteiger partial charge in [0.1, 0.15) is 6.17 Å². The van der Waals surface area contributed by atoms with Crippen molar-refractivity contribution in [3.05, 3.63) is 40.4 Å². The molecular formula is C8H11N3O2. The van der Waals surface area contributed by atoms with Crippen LogP contribution in [0.1, 0.15) is 0 Å². The summed E-state index contributed by atoms with van der Waals surface area (Å²) in [6.45, 7) is -0.283. The van der Waals surface area contributed by atoms with Crippen molar-refractivity contribution in [3.63, 3.8) is 0 Å². The normalized spacial score (nSPS) is 12.1. The second-order valence-corrected chi connectivity index (χ2v) is 2.63. The number of benzene rings is 1. The lowest BCUT2D eigenvalue weighted by atomic mass is 10.3. The SMILES string of the molecule is NC(C[N+](=O)[O-])Nc1ccccc1. The van der Waals surface area contributed by atoms with Gasteiger partial charge in [-0.2, -0.15) is 0 Å². The van der Waals surface area contributed by atoms with E-state index in [-0.39, 0.29) is 6.54 Å². The van der Waals surface area contributed by atoms with Crippen LogP contribution >= 0.6 is 0 Å². The van der Waals surface area contributed by atoms with E-state index in [2.05, 4.69) is 5.32 Å². The first-order chi connectivity index (χ1) is 6.18. The Balaban J connectivity index is 2.45. The third kappa shape index (κ3) is 3.53. The van der Waals surface area contributed by atoms with Crippen LogP contribution in [0, 0.1) is 10.1 Å². The summed E-state index contributed by atoms with van der Waals surface area (Å²) in [5.74, 6) is 0. The summed E-state index contributed by atoms with van der Waals surface area (Å²) in [5.41, 5.74) is 6.24. The minimum Gasteiger partial charge on any atom is -0.365 e. The maximum atomic E-state index is 10.1. The zero-order valence-corrected chi connectivity index (χ0v) is 7.01. The summed E-state index contributed by atoms with van der Waals surface area (Å²) in [4.78, 5) is 9.64. The summed E-state index contributed by atoms with van der Waals surface area (Å²) >= 11 is 0. The molecule has 5 nitrogen and oxygen atoms in total. The first kappa shape index (κ1) is 9.47. The fourth-order valence-electron chi connectivity index (χ4n) is 0.955. The van der Waals surface area contributed by atoms with E-state index in [0.29, 0.717) is 0 Å². The molecule has 0 aliphatic carbocycles. The Hall–Kier alpha value is -1.62. The Kier molecular flexibility index (Phi) is 3.22. The van der Waals surface area contributed by atoms with Gasteiger partial charge in [0.05, 0.1) is 0 Å². The van der Waals surface area contributed by atoms with E-state index in [1.807, 2.05) is 18.2 Å². The molecule has 70 valence electrons. The van der Waals surface area contributed by atoms with Gasteiger partial charge in [-0.05, 0) is 12.1 Å². The Morgan fingerprint density at radius 2 is 2.08 bits per heavy atom. The van der Waals surface area contributed by atoms with Crippen molar-refractivity contribution in [2.75, 3.05) is 11.9 Å². The van der Waals surface area contributed by atoms with Crippen LogP contribution < -0.4 is 11.1 Å². The van der Waals surface area contributed by atoms with E-state index in [9.17, 15) is 10.1 Å². The molecule has 1 atom stereocenters. The molecule has 0 spiro atoms. The van der Waals surface area contributed by atoms with Crippen LogP contribution in [0.25, 0.3) is 0 Å². The van der Waals surface area contributed by atoms with Gasteiger partial charge in [0.25, 0.3) is 0 Å². The number of anilines is 1. The average molecular weight is 181 g/mol. The first-order valence-corrected chi connectivity index (χ1v) is 3.87. The molecule has 5 heteroatoms. The van der Waals surface area contributed by atoms with Crippen LogP contribution in [0.5, 0.6) is 0 Å². The Labute approximate surface area is 75.7 Å². The molecule has 0 amide bonds. The van der Waals surface area contributed by atoms with Crippen LogP contribution in [0.15, 0.2) is 30.3 Å². The zero-order chi connectivity index (χ0) is 9.68. The lowest BCUT2D eigenvalue weighted by Gasteiger charge is -2.10. The number of nitro groups is 1. The van der Waals surface area contributed by atoms with Crippen LogP contribution in [0.3, 0.4) is 0 Å². The lowest BCUT2D eigenvalue weighted by Crippen LogP contribution is -2.36. The van der Waals surface area contributed by atoms with Gasteiger partial charge in [0.15, 0.2) is 0 Å². The standard InChI is InChI=1S/C8H11N3O2/c9-8(6-11(12)13)10-7-4-2-1-3-5-7/h1-5,8,10H,6,9H2. The van der Waals surface area contributed by atoms with Crippen molar-refractivity contribution >= 4 is 5.69 Å². The van der Waals surface area contributed by atoms with Crippen LogP contribution in [0.4, 0.5) is 5.69 Å². The van der Waals surface area contributed by atoms with Gasteiger partial charge >= 0.3 is 0 Å². The molecule has 0 aliphatic rings.